The number of hydrogen-bond donors (Lipinski definition) is 0. The maximum Gasteiger partial charge on any atom is 0.0769 e. The van der Waals surface area contributed by atoms with E-state index in [2.05, 4.69) is 95.7 Å². The zero-order chi connectivity index (χ0) is 17.2. The Labute approximate surface area is 161 Å². The van der Waals surface area contributed by atoms with Crippen molar-refractivity contribution in [3.8, 4) is 0 Å². The third-order valence-electron chi connectivity index (χ3n) is 4.40. The molecule has 0 fully saturated rings. The number of benzene rings is 3. The van der Waals surface area contributed by atoms with Gasteiger partial charge in [-0.25, -0.2) is 0 Å². The lowest BCUT2D eigenvalue weighted by Gasteiger charge is -2.16. The highest BCUT2D eigenvalue weighted by Crippen LogP contribution is 2.45. The summed E-state index contributed by atoms with van der Waals surface area (Å²) in [6.07, 6.45) is 0.921. The van der Waals surface area contributed by atoms with Gasteiger partial charge in [-0.3, -0.25) is 4.99 Å². The van der Waals surface area contributed by atoms with Crippen molar-refractivity contribution in [1.82, 2.24) is 0 Å². The Morgan fingerprint density at radius 2 is 1.64 bits per heavy atom. The summed E-state index contributed by atoms with van der Waals surface area (Å²) in [6.45, 7) is 2.13. The second-order valence-electron chi connectivity index (χ2n) is 6.25. The van der Waals surface area contributed by atoms with Crippen LogP contribution in [0, 0.1) is 6.92 Å². The molecule has 4 rings (SSSR count). The second kappa shape index (κ2) is 7.19. The van der Waals surface area contributed by atoms with E-state index in [0.717, 1.165) is 22.3 Å². The number of para-hydroxylation sites is 1. The Morgan fingerprint density at radius 1 is 0.920 bits per heavy atom. The van der Waals surface area contributed by atoms with Gasteiger partial charge < -0.3 is 0 Å². The van der Waals surface area contributed by atoms with E-state index in [9.17, 15) is 0 Å². The topological polar surface area (TPSA) is 12.4 Å². The molecule has 0 bridgehead atoms. The molecule has 1 nitrogen and oxygen atoms in total. The van der Waals surface area contributed by atoms with Crippen LogP contribution in [-0.2, 0) is 0 Å². The van der Waals surface area contributed by atoms with Crippen molar-refractivity contribution in [3.05, 3.63) is 94.0 Å². The molecule has 1 aliphatic heterocycles. The molecule has 1 aliphatic rings. The second-order valence-corrected chi connectivity index (χ2v) is 8.41. The molecule has 0 amide bonds. The smallest absolute Gasteiger partial charge is 0.0769 e. The maximum absolute atomic E-state index is 5.01. The predicted molar refractivity (Wildman–Crippen MR) is 111 cm³/mol. The molecule has 1 atom stereocenters. The van der Waals surface area contributed by atoms with Gasteiger partial charge in [0.25, 0.3) is 0 Å². The van der Waals surface area contributed by atoms with Crippen LogP contribution in [0.25, 0.3) is 0 Å². The minimum absolute atomic E-state index is 0.367. The molecular formula is C22H18BrNS. The SMILES string of the molecule is Cc1ccc(C2CC(c3ccc(Br)cc3)=Nc3ccccc3S2)cc1. The van der Waals surface area contributed by atoms with Gasteiger partial charge in [-0.2, -0.15) is 0 Å². The molecule has 3 aromatic carbocycles. The maximum atomic E-state index is 5.01. The number of nitrogens with zero attached hydrogens (tertiary/aromatic N) is 1. The molecule has 3 heteroatoms. The van der Waals surface area contributed by atoms with E-state index >= 15 is 0 Å². The first-order valence-electron chi connectivity index (χ1n) is 8.35. The number of halogens is 1. The lowest BCUT2D eigenvalue weighted by Crippen LogP contribution is -2.05. The van der Waals surface area contributed by atoms with Gasteiger partial charge >= 0.3 is 0 Å². The van der Waals surface area contributed by atoms with Gasteiger partial charge in [-0.05, 0) is 42.3 Å². The Balaban J connectivity index is 1.78. The van der Waals surface area contributed by atoms with Crippen molar-refractivity contribution < 1.29 is 0 Å². The number of aliphatic imine (C=N–C) groups is 1. The highest BCUT2D eigenvalue weighted by molar-refractivity contribution is 9.10. The molecule has 124 valence electrons. The largest absolute Gasteiger partial charge is 0.252 e. The molecule has 0 spiro atoms. The van der Waals surface area contributed by atoms with E-state index in [4.69, 9.17) is 4.99 Å². The third kappa shape index (κ3) is 3.73. The minimum atomic E-state index is 0.367. The van der Waals surface area contributed by atoms with E-state index < -0.39 is 0 Å². The summed E-state index contributed by atoms with van der Waals surface area (Å²) >= 11 is 5.44. The lowest BCUT2D eigenvalue weighted by molar-refractivity contribution is 1.01. The van der Waals surface area contributed by atoms with E-state index in [0.29, 0.717) is 5.25 Å². The van der Waals surface area contributed by atoms with Crippen LogP contribution in [0.4, 0.5) is 5.69 Å². The summed E-state index contributed by atoms with van der Waals surface area (Å²) in [7, 11) is 0. The minimum Gasteiger partial charge on any atom is -0.252 e. The first-order valence-corrected chi connectivity index (χ1v) is 10.0. The molecule has 0 aliphatic carbocycles. The van der Waals surface area contributed by atoms with E-state index in [-0.39, 0.29) is 0 Å². The van der Waals surface area contributed by atoms with Crippen LogP contribution in [0.2, 0.25) is 0 Å². The molecular weight excluding hydrogens is 390 g/mol. The molecule has 0 N–H and O–H groups in total. The average Bonchev–Trinajstić information content (AvgIpc) is 2.82. The lowest BCUT2D eigenvalue weighted by atomic mass is 10.0. The van der Waals surface area contributed by atoms with Crippen LogP contribution in [0.3, 0.4) is 0 Å². The molecule has 0 radical (unpaired) electrons. The fourth-order valence-corrected chi connectivity index (χ4v) is 4.50. The molecule has 0 saturated heterocycles. The number of aryl methyl sites for hydroxylation is 1. The Bertz CT molecular complexity index is 914. The van der Waals surface area contributed by atoms with Crippen LogP contribution < -0.4 is 0 Å². The summed E-state index contributed by atoms with van der Waals surface area (Å²) in [5.74, 6) is 0. The van der Waals surface area contributed by atoms with Gasteiger partial charge in [-0.1, -0.05) is 70.0 Å². The van der Waals surface area contributed by atoms with Crippen molar-refractivity contribution in [2.75, 3.05) is 0 Å². The monoisotopic (exact) mass is 407 g/mol. The van der Waals surface area contributed by atoms with Gasteiger partial charge in [0.2, 0.25) is 0 Å². The molecule has 3 aromatic rings. The molecule has 0 aromatic heterocycles. The molecule has 25 heavy (non-hydrogen) atoms. The highest BCUT2D eigenvalue weighted by atomic mass is 79.9. The average molecular weight is 408 g/mol. The fourth-order valence-electron chi connectivity index (χ4n) is 3.00. The van der Waals surface area contributed by atoms with Gasteiger partial charge in [-0.15, -0.1) is 11.8 Å². The zero-order valence-corrected chi connectivity index (χ0v) is 16.3. The van der Waals surface area contributed by atoms with Gasteiger partial charge in [0, 0.05) is 26.8 Å². The van der Waals surface area contributed by atoms with Crippen LogP contribution in [0.5, 0.6) is 0 Å². The number of thioether (sulfide) groups is 1. The van der Waals surface area contributed by atoms with E-state index in [1.54, 1.807) is 0 Å². The summed E-state index contributed by atoms with van der Waals surface area (Å²) in [5.41, 5.74) is 6.06. The molecule has 1 heterocycles. The number of fused-ring (bicyclic) bond motifs is 1. The fraction of sp³-hybridized carbons (Fsp3) is 0.136. The van der Waals surface area contributed by atoms with Crippen LogP contribution in [-0.4, -0.2) is 5.71 Å². The first-order chi connectivity index (χ1) is 12.2. The first kappa shape index (κ1) is 16.6. The van der Waals surface area contributed by atoms with Gasteiger partial charge in [0.1, 0.15) is 0 Å². The summed E-state index contributed by atoms with van der Waals surface area (Å²) < 4.78 is 1.09. The summed E-state index contributed by atoms with van der Waals surface area (Å²) in [6, 6.07) is 25.8. The van der Waals surface area contributed by atoms with Gasteiger partial charge in [0.15, 0.2) is 0 Å². The van der Waals surface area contributed by atoms with E-state index in [1.165, 1.54) is 21.6 Å². The quantitative estimate of drug-likeness (QED) is 0.440. The van der Waals surface area contributed by atoms with Crippen molar-refractivity contribution in [1.29, 1.82) is 0 Å². The zero-order valence-electron chi connectivity index (χ0n) is 13.9. The molecule has 0 saturated carbocycles. The van der Waals surface area contributed by atoms with E-state index in [1.807, 2.05) is 11.8 Å². The van der Waals surface area contributed by atoms with Crippen LogP contribution in [0.15, 0.2) is 87.2 Å². The van der Waals surface area contributed by atoms with Crippen LogP contribution in [0.1, 0.15) is 28.4 Å². The predicted octanol–water partition coefficient (Wildman–Crippen LogP) is 7.12. The van der Waals surface area contributed by atoms with Gasteiger partial charge in [0.05, 0.1) is 5.69 Å². The van der Waals surface area contributed by atoms with Crippen molar-refractivity contribution in [2.24, 2.45) is 4.99 Å². The third-order valence-corrected chi connectivity index (χ3v) is 6.25. The molecule has 1 unspecified atom stereocenters. The summed E-state index contributed by atoms with van der Waals surface area (Å²) in [5, 5.41) is 0.367. The Morgan fingerprint density at radius 3 is 2.40 bits per heavy atom. The van der Waals surface area contributed by atoms with Crippen LogP contribution >= 0.6 is 27.7 Å². The summed E-state index contributed by atoms with van der Waals surface area (Å²) in [4.78, 5) is 6.26. The number of hydrogen-bond acceptors (Lipinski definition) is 2. The number of rotatable bonds is 2. The van der Waals surface area contributed by atoms with Crippen molar-refractivity contribution in [3.63, 3.8) is 0 Å². The normalized spacial score (nSPS) is 16.7. The Kier molecular flexibility index (Phi) is 4.78. The Hall–Kier alpha value is -1.84. The van der Waals surface area contributed by atoms with Crippen molar-refractivity contribution >= 4 is 39.1 Å². The standard InChI is InChI=1S/C22H18BrNS/c1-15-6-8-17(9-7-15)22-14-20(16-10-12-18(23)13-11-16)24-19-4-2-3-5-21(19)25-22/h2-13,22H,14H2,1H3. The van der Waals surface area contributed by atoms with Crippen molar-refractivity contribution in [2.45, 2.75) is 23.5 Å². The highest BCUT2D eigenvalue weighted by Gasteiger charge is 2.22.